The summed E-state index contributed by atoms with van der Waals surface area (Å²) in [5, 5.41) is 1.05. The van der Waals surface area contributed by atoms with Gasteiger partial charge < -0.3 is 15.2 Å². The summed E-state index contributed by atoms with van der Waals surface area (Å²) in [6, 6.07) is 0.628. The van der Waals surface area contributed by atoms with Gasteiger partial charge in [0, 0.05) is 31.1 Å². The highest BCUT2D eigenvalue weighted by Gasteiger charge is 2.34. The lowest BCUT2D eigenvalue weighted by molar-refractivity contribution is -0.0503. The number of fused-ring (bicyclic) bond motifs is 1. The van der Waals surface area contributed by atoms with E-state index in [1.807, 2.05) is 0 Å². The van der Waals surface area contributed by atoms with E-state index in [-0.39, 0.29) is 6.10 Å². The van der Waals surface area contributed by atoms with Crippen molar-refractivity contribution in [1.82, 2.24) is 9.88 Å². The quantitative estimate of drug-likeness (QED) is 0.902. The molecular weight excluding hydrogens is 262 g/mol. The fourth-order valence-electron chi connectivity index (χ4n) is 2.92. The molecule has 0 saturated carbocycles. The van der Waals surface area contributed by atoms with E-state index < -0.39 is 0 Å². The zero-order chi connectivity index (χ0) is 13.2. The van der Waals surface area contributed by atoms with Crippen LogP contribution < -0.4 is 5.73 Å². The third-order valence-electron chi connectivity index (χ3n) is 3.93. The number of nitrogens with two attached hydrogens (primary N) is 1. The average Bonchev–Trinajstić information content (AvgIpc) is 3.04. The van der Waals surface area contributed by atoms with Gasteiger partial charge >= 0.3 is 0 Å². The van der Waals surface area contributed by atoms with Crippen molar-refractivity contribution >= 4 is 11.3 Å². The van der Waals surface area contributed by atoms with Crippen LogP contribution in [-0.2, 0) is 22.6 Å². The Morgan fingerprint density at radius 2 is 2.47 bits per heavy atom. The molecule has 0 aliphatic carbocycles. The largest absolute Gasteiger partial charge is 0.378 e. The number of ether oxygens (including phenoxy) is 2. The lowest BCUT2D eigenvalue weighted by Crippen LogP contribution is -2.42. The molecule has 2 unspecified atom stereocenters. The van der Waals surface area contributed by atoms with E-state index in [1.54, 1.807) is 18.4 Å². The summed E-state index contributed by atoms with van der Waals surface area (Å²) in [4.78, 5) is 8.32. The SMILES string of the molecule is COCc1nc(C2CN3CCCC3CO2)sc1CN. The Morgan fingerprint density at radius 3 is 3.26 bits per heavy atom. The Balaban J connectivity index is 1.74. The summed E-state index contributed by atoms with van der Waals surface area (Å²) in [7, 11) is 1.69. The Bertz CT molecular complexity index is 438. The second-order valence-electron chi connectivity index (χ2n) is 5.17. The van der Waals surface area contributed by atoms with Gasteiger partial charge in [-0.15, -0.1) is 11.3 Å². The Labute approximate surface area is 117 Å². The molecule has 1 aromatic rings. The molecule has 0 aromatic carbocycles. The first-order chi connectivity index (χ1) is 9.31. The van der Waals surface area contributed by atoms with Crippen molar-refractivity contribution < 1.29 is 9.47 Å². The number of nitrogens with zero attached hydrogens (tertiary/aromatic N) is 2. The van der Waals surface area contributed by atoms with E-state index in [0.29, 0.717) is 19.2 Å². The van der Waals surface area contributed by atoms with Crippen LogP contribution in [0, 0.1) is 0 Å². The molecule has 2 saturated heterocycles. The number of morpholine rings is 1. The summed E-state index contributed by atoms with van der Waals surface area (Å²) in [5.74, 6) is 0. The van der Waals surface area contributed by atoms with E-state index in [0.717, 1.165) is 28.7 Å². The van der Waals surface area contributed by atoms with Gasteiger partial charge in [0.2, 0.25) is 0 Å². The van der Waals surface area contributed by atoms with Crippen LogP contribution in [0.2, 0.25) is 0 Å². The van der Waals surface area contributed by atoms with Crippen LogP contribution in [0.4, 0.5) is 0 Å². The normalized spacial score (nSPS) is 27.7. The smallest absolute Gasteiger partial charge is 0.124 e. The zero-order valence-corrected chi connectivity index (χ0v) is 12.1. The first-order valence-electron chi connectivity index (χ1n) is 6.85. The van der Waals surface area contributed by atoms with Gasteiger partial charge in [0.05, 0.1) is 18.9 Å². The summed E-state index contributed by atoms with van der Waals surface area (Å²) in [6.07, 6.45) is 2.67. The Kier molecular flexibility index (Phi) is 4.14. The molecule has 2 aliphatic rings. The number of hydrogen-bond acceptors (Lipinski definition) is 6. The number of methoxy groups -OCH3 is 1. The fraction of sp³-hybridized carbons (Fsp3) is 0.769. The molecule has 19 heavy (non-hydrogen) atoms. The maximum Gasteiger partial charge on any atom is 0.124 e. The minimum Gasteiger partial charge on any atom is -0.378 e. The van der Waals surface area contributed by atoms with E-state index in [2.05, 4.69) is 9.88 Å². The molecule has 106 valence electrons. The topological polar surface area (TPSA) is 60.6 Å². The average molecular weight is 283 g/mol. The van der Waals surface area contributed by atoms with Gasteiger partial charge in [-0.05, 0) is 19.4 Å². The monoisotopic (exact) mass is 283 g/mol. The highest BCUT2D eigenvalue weighted by atomic mass is 32.1. The van der Waals surface area contributed by atoms with Crippen molar-refractivity contribution in [2.24, 2.45) is 5.73 Å². The van der Waals surface area contributed by atoms with E-state index in [9.17, 15) is 0 Å². The van der Waals surface area contributed by atoms with Gasteiger partial charge in [0.25, 0.3) is 0 Å². The van der Waals surface area contributed by atoms with Crippen LogP contribution in [-0.4, -0.2) is 42.7 Å². The van der Waals surface area contributed by atoms with E-state index in [1.165, 1.54) is 19.4 Å². The Hall–Kier alpha value is -0.530. The minimum absolute atomic E-state index is 0.107. The highest BCUT2D eigenvalue weighted by Crippen LogP contribution is 2.33. The summed E-state index contributed by atoms with van der Waals surface area (Å²) in [5.41, 5.74) is 6.74. The van der Waals surface area contributed by atoms with Crippen molar-refractivity contribution in [3.63, 3.8) is 0 Å². The van der Waals surface area contributed by atoms with E-state index in [4.69, 9.17) is 15.2 Å². The number of hydrogen-bond donors (Lipinski definition) is 1. The number of rotatable bonds is 4. The third-order valence-corrected chi connectivity index (χ3v) is 5.14. The van der Waals surface area contributed by atoms with Crippen molar-refractivity contribution in [2.75, 3.05) is 26.8 Å². The fourth-order valence-corrected chi connectivity index (χ4v) is 3.90. The van der Waals surface area contributed by atoms with Crippen molar-refractivity contribution in [3.05, 3.63) is 15.6 Å². The summed E-state index contributed by atoms with van der Waals surface area (Å²) in [6.45, 7) is 4.05. The molecule has 3 heterocycles. The second kappa shape index (κ2) is 5.85. The lowest BCUT2D eigenvalue weighted by atomic mass is 10.2. The van der Waals surface area contributed by atoms with Gasteiger partial charge in [-0.2, -0.15) is 0 Å². The van der Waals surface area contributed by atoms with E-state index >= 15 is 0 Å². The van der Waals surface area contributed by atoms with Gasteiger partial charge in [0.15, 0.2) is 0 Å². The van der Waals surface area contributed by atoms with Crippen molar-refractivity contribution in [1.29, 1.82) is 0 Å². The highest BCUT2D eigenvalue weighted by molar-refractivity contribution is 7.11. The summed E-state index contributed by atoms with van der Waals surface area (Å²) >= 11 is 1.67. The molecule has 0 radical (unpaired) electrons. The van der Waals surface area contributed by atoms with Crippen LogP contribution in [0.25, 0.3) is 0 Å². The molecule has 2 N–H and O–H groups in total. The van der Waals surface area contributed by atoms with Crippen LogP contribution >= 0.6 is 11.3 Å². The number of thiazole rings is 1. The summed E-state index contributed by atoms with van der Waals surface area (Å²) < 4.78 is 11.2. The number of aromatic nitrogens is 1. The van der Waals surface area contributed by atoms with Gasteiger partial charge in [-0.3, -0.25) is 4.90 Å². The molecule has 1 aromatic heterocycles. The lowest BCUT2D eigenvalue weighted by Gasteiger charge is -2.34. The molecular formula is C13H21N3O2S. The second-order valence-corrected chi connectivity index (χ2v) is 6.29. The molecule has 2 fully saturated rings. The van der Waals surface area contributed by atoms with Crippen LogP contribution in [0.15, 0.2) is 0 Å². The predicted octanol–water partition coefficient (Wildman–Crippen LogP) is 1.28. The molecule has 5 nitrogen and oxygen atoms in total. The van der Waals surface area contributed by atoms with Crippen LogP contribution in [0.3, 0.4) is 0 Å². The molecule has 2 aliphatic heterocycles. The third kappa shape index (κ3) is 2.68. The van der Waals surface area contributed by atoms with Crippen LogP contribution in [0.1, 0.15) is 34.5 Å². The molecule has 2 atom stereocenters. The molecule has 0 amide bonds. The predicted molar refractivity (Wildman–Crippen MR) is 74.0 cm³/mol. The zero-order valence-electron chi connectivity index (χ0n) is 11.3. The molecule has 0 bridgehead atoms. The minimum atomic E-state index is 0.107. The standard InChI is InChI=1S/C13H21N3O2S/c1-17-8-10-12(5-14)19-13(15-10)11-6-16-4-2-3-9(16)7-18-11/h9,11H,2-8,14H2,1H3. The van der Waals surface area contributed by atoms with Crippen molar-refractivity contribution in [2.45, 2.75) is 38.1 Å². The van der Waals surface area contributed by atoms with Gasteiger partial charge in [-0.25, -0.2) is 4.98 Å². The first kappa shape index (κ1) is 13.5. The maximum atomic E-state index is 5.99. The molecule has 3 rings (SSSR count). The van der Waals surface area contributed by atoms with Gasteiger partial charge in [0.1, 0.15) is 11.1 Å². The maximum absolute atomic E-state index is 5.99. The van der Waals surface area contributed by atoms with Gasteiger partial charge in [-0.1, -0.05) is 0 Å². The van der Waals surface area contributed by atoms with Crippen molar-refractivity contribution in [3.8, 4) is 0 Å². The Morgan fingerprint density at radius 1 is 1.58 bits per heavy atom. The van der Waals surface area contributed by atoms with Crippen LogP contribution in [0.5, 0.6) is 0 Å². The molecule has 6 heteroatoms. The first-order valence-corrected chi connectivity index (χ1v) is 7.66. The molecule has 0 spiro atoms.